The van der Waals surface area contributed by atoms with E-state index >= 15 is 0 Å². The average molecular weight is 313 g/mol. The summed E-state index contributed by atoms with van der Waals surface area (Å²) in [5, 5.41) is 1.55. The smallest absolute Gasteiger partial charge is 0.260 e. The molecule has 1 aliphatic heterocycles. The lowest BCUT2D eigenvalue weighted by Crippen LogP contribution is -2.30. The van der Waals surface area contributed by atoms with E-state index in [-0.39, 0.29) is 17.9 Å². The quantitative estimate of drug-likeness (QED) is 0.789. The first kappa shape index (κ1) is 13.5. The molecule has 4 rings (SSSR count). The number of carbonyl (C=O) groups is 1. The summed E-state index contributed by atoms with van der Waals surface area (Å²) < 4.78 is 1.04. The zero-order valence-electron chi connectivity index (χ0n) is 12.0. The van der Waals surface area contributed by atoms with Gasteiger partial charge in [0.05, 0.1) is 11.8 Å². The van der Waals surface area contributed by atoms with Crippen LogP contribution in [0.15, 0.2) is 29.1 Å². The van der Waals surface area contributed by atoms with E-state index in [1.54, 1.807) is 0 Å². The Hall–Kier alpha value is -2.21. The van der Waals surface area contributed by atoms with Gasteiger partial charge in [0.15, 0.2) is 0 Å². The number of fused-ring (bicyclic) bond motifs is 3. The Morgan fingerprint density at radius 1 is 1.27 bits per heavy atom. The SMILES string of the molecule is O=C(Cc1nc2sc3ccccc3c2c(=O)[nH]1)N1CCCC1. The maximum absolute atomic E-state index is 12.4. The van der Waals surface area contributed by atoms with Crippen molar-refractivity contribution in [3.63, 3.8) is 0 Å². The van der Waals surface area contributed by atoms with Crippen LogP contribution in [0.3, 0.4) is 0 Å². The minimum atomic E-state index is -0.160. The predicted molar refractivity (Wildman–Crippen MR) is 87.3 cm³/mol. The van der Waals surface area contributed by atoms with Gasteiger partial charge in [0.2, 0.25) is 5.91 Å². The van der Waals surface area contributed by atoms with E-state index in [4.69, 9.17) is 0 Å². The number of hydrogen-bond acceptors (Lipinski definition) is 4. The third-order valence-corrected chi connectivity index (χ3v) is 5.14. The Labute approximate surface area is 130 Å². The summed E-state index contributed by atoms with van der Waals surface area (Å²) in [6.45, 7) is 1.63. The molecule has 0 aliphatic carbocycles. The van der Waals surface area contributed by atoms with Crippen LogP contribution in [0.25, 0.3) is 20.3 Å². The van der Waals surface area contributed by atoms with Crippen LogP contribution in [0.1, 0.15) is 18.7 Å². The number of amides is 1. The molecule has 0 radical (unpaired) electrons. The fraction of sp³-hybridized carbons (Fsp3) is 0.312. The monoisotopic (exact) mass is 313 g/mol. The Morgan fingerprint density at radius 3 is 2.86 bits per heavy atom. The summed E-state index contributed by atoms with van der Waals surface area (Å²) in [6.07, 6.45) is 2.29. The topological polar surface area (TPSA) is 66.1 Å². The van der Waals surface area contributed by atoms with E-state index in [0.29, 0.717) is 16.0 Å². The number of benzene rings is 1. The zero-order chi connectivity index (χ0) is 15.1. The fourth-order valence-corrected chi connectivity index (χ4v) is 4.08. The van der Waals surface area contributed by atoms with Crippen LogP contribution in [0.2, 0.25) is 0 Å². The van der Waals surface area contributed by atoms with Crippen LogP contribution in [0, 0.1) is 0 Å². The summed E-state index contributed by atoms with van der Waals surface area (Å²) in [5.41, 5.74) is -0.160. The second-order valence-corrected chi connectivity index (χ2v) is 6.59. The molecule has 3 aromatic rings. The van der Waals surface area contributed by atoms with Crippen molar-refractivity contribution in [2.24, 2.45) is 0 Å². The summed E-state index contributed by atoms with van der Waals surface area (Å²) in [5.74, 6) is 0.502. The molecule has 22 heavy (non-hydrogen) atoms. The Kier molecular flexibility index (Phi) is 3.18. The van der Waals surface area contributed by atoms with Gasteiger partial charge in [0.25, 0.3) is 5.56 Å². The first-order valence-electron chi connectivity index (χ1n) is 7.40. The van der Waals surface area contributed by atoms with Crippen molar-refractivity contribution in [1.29, 1.82) is 0 Å². The molecule has 1 amide bonds. The molecule has 0 bridgehead atoms. The van der Waals surface area contributed by atoms with Gasteiger partial charge in [-0.25, -0.2) is 4.98 Å². The predicted octanol–water partition coefficient (Wildman–Crippen LogP) is 2.30. The molecule has 0 saturated carbocycles. The number of likely N-dealkylation sites (tertiary alicyclic amines) is 1. The minimum absolute atomic E-state index is 0.0427. The number of nitrogens with one attached hydrogen (secondary N) is 1. The molecule has 1 fully saturated rings. The number of H-pyrrole nitrogens is 1. The van der Waals surface area contributed by atoms with Crippen molar-refractivity contribution < 1.29 is 4.79 Å². The Balaban J connectivity index is 1.75. The highest BCUT2D eigenvalue weighted by Gasteiger charge is 2.20. The zero-order valence-corrected chi connectivity index (χ0v) is 12.8. The van der Waals surface area contributed by atoms with Gasteiger partial charge in [0.1, 0.15) is 10.7 Å². The van der Waals surface area contributed by atoms with Crippen LogP contribution in [0.4, 0.5) is 0 Å². The summed E-state index contributed by atoms with van der Waals surface area (Å²) in [4.78, 5) is 34.4. The molecule has 2 aromatic heterocycles. The second-order valence-electron chi connectivity index (χ2n) is 5.56. The van der Waals surface area contributed by atoms with Crippen LogP contribution < -0.4 is 5.56 Å². The molecule has 5 nitrogen and oxygen atoms in total. The second kappa shape index (κ2) is 5.21. The van der Waals surface area contributed by atoms with Gasteiger partial charge in [-0.1, -0.05) is 18.2 Å². The van der Waals surface area contributed by atoms with Crippen LogP contribution >= 0.6 is 11.3 Å². The largest absolute Gasteiger partial charge is 0.342 e. The van der Waals surface area contributed by atoms with Gasteiger partial charge in [-0.2, -0.15) is 0 Å². The third-order valence-electron chi connectivity index (χ3n) is 4.08. The molecule has 1 aromatic carbocycles. The van der Waals surface area contributed by atoms with Gasteiger partial charge in [-0.15, -0.1) is 11.3 Å². The first-order valence-corrected chi connectivity index (χ1v) is 8.22. The fourth-order valence-electron chi connectivity index (χ4n) is 2.98. The molecule has 1 saturated heterocycles. The van der Waals surface area contributed by atoms with Crippen molar-refractivity contribution in [3.8, 4) is 0 Å². The number of nitrogens with zero attached hydrogens (tertiary/aromatic N) is 2. The van der Waals surface area contributed by atoms with Gasteiger partial charge >= 0.3 is 0 Å². The summed E-state index contributed by atoms with van der Waals surface area (Å²) >= 11 is 1.49. The molecule has 112 valence electrons. The van der Waals surface area contributed by atoms with E-state index in [0.717, 1.165) is 36.0 Å². The van der Waals surface area contributed by atoms with E-state index in [9.17, 15) is 9.59 Å². The molecule has 0 atom stereocenters. The normalized spacial score (nSPS) is 15.0. The lowest BCUT2D eigenvalue weighted by molar-refractivity contribution is -0.129. The Bertz CT molecular complexity index is 922. The number of carbonyl (C=O) groups excluding carboxylic acids is 1. The summed E-state index contributed by atoms with van der Waals surface area (Å²) in [6, 6.07) is 7.78. The molecular weight excluding hydrogens is 298 g/mol. The molecule has 3 heterocycles. The minimum Gasteiger partial charge on any atom is -0.342 e. The van der Waals surface area contributed by atoms with Gasteiger partial charge in [-0.3, -0.25) is 9.59 Å². The van der Waals surface area contributed by atoms with E-state index in [1.807, 2.05) is 29.2 Å². The van der Waals surface area contributed by atoms with Crippen LogP contribution in [0.5, 0.6) is 0 Å². The van der Waals surface area contributed by atoms with Crippen LogP contribution in [-0.4, -0.2) is 33.9 Å². The van der Waals surface area contributed by atoms with E-state index in [2.05, 4.69) is 9.97 Å². The van der Waals surface area contributed by atoms with Crippen molar-refractivity contribution in [2.75, 3.05) is 13.1 Å². The highest BCUT2D eigenvalue weighted by Crippen LogP contribution is 2.29. The van der Waals surface area contributed by atoms with Crippen molar-refractivity contribution in [1.82, 2.24) is 14.9 Å². The molecule has 0 unspecified atom stereocenters. The van der Waals surface area contributed by atoms with Crippen molar-refractivity contribution >= 4 is 37.5 Å². The van der Waals surface area contributed by atoms with Gasteiger partial charge < -0.3 is 9.88 Å². The van der Waals surface area contributed by atoms with Crippen LogP contribution in [-0.2, 0) is 11.2 Å². The highest BCUT2D eigenvalue weighted by molar-refractivity contribution is 7.25. The molecule has 1 N–H and O–H groups in total. The Morgan fingerprint density at radius 2 is 2.05 bits per heavy atom. The maximum Gasteiger partial charge on any atom is 0.260 e. The molecular formula is C16H15N3O2S. The number of aromatic amines is 1. The first-order chi connectivity index (χ1) is 10.7. The van der Waals surface area contributed by atoms with Gasteiger partial charge in [-0.05, 0) is 18.9 Å². The lowest BCUT2D eigenvalue weighted by Gasteiger charge is -2.14. The number of aromatic nitrogens is 2. The summed E-state index contributed by atoms with van der Waals surface area (Å²) in [7, 11) is 0. The van der Waals surface area contributed by atoms with E-state index in [1.165, 1.54) is 11.3 Å². The van der Waals surface area contributed by atoms with Crippen molar-refractivity contribution in [2.45, 2.75) is 19.3 Å². The average Bonchev–Trinajstić information content (AvgIpc) is 3.14. The molecule has 6 heteroatoms. The van der Waals surface area contributed by atoms with Gasteiger partial charge in [0, 0.05) is 23.2 Å². The maximum atomic E-state index is 12.4. The van der Waals surface area contributed by atoms with Crippen molar-refractivity contribution in [3.05, 3.63) is 40.4 Å². The molecule has 0 spiro atoms. The standard InChI is InChI=1S/C16H15N3O2S/c20-13(19-7-3-4-8-19)9-12-17-15(21)14-10-5-1-2-6-11(10)22-16(14)18-12/h1-2,5-6H,3-4,7-9H2,(H,17,18,21). The number of thiophene rings is 1. The lowest BCUT2D eigenvalue weighted by atomic mass is 10.2. The highest BCUT2D eigenvalue weighted by atomic mass is 32.1. The van der Waals surface area contributed by atoms with E-state index < -0.39 is 0 Å². The third kappa shape index (κ3) is 2.20. The molecule has 1 aliphatic rings. The number of rotatable bonds is 2. The number of hydrogen-bond donors (Lipinski definition) is 1.